The van der Waals surface area contributed by atoms with Crippen molar-refractivity contribution in [2.45, 2.75) is 19.8 Å². The summed E-state index contributed by atoms with van der Waals surface area (Å²) < 4.78 is 5.20. The zero-order valence-electron chi connectivity index (χ0n) is 9.14. The van der Waals surface area contributed by atoms with Crippen molar-refractivity contribution in [3.63, 3.8) is 0 Å². The fraction of sp³-hybridized carbons (Fsp3) is 0.231. The molecule has 82 valence electrons. The minimum Gasteiger partial charge on any atom is -0.360 e. The second-order valence-electron chi connectivity index (χ2n) is 3.60. The van der Waals surface area contributed by atoms with Crippen LogP contribution in [0.1, 0.15) is 29.5 Å². The Labute approximate surface area is 94.1 Å². The van der Waals surface area contributed by atoms with Gasteiger partial charge in [0.1, 0.15) is 11.5 Å². The van der Waals surface area contributed by atoms with Gasteiger partial charge < -0.3 is 4.52 Å². The molecule has 2 rings (SSSR count). The van der Waals surface area contributed by atoms with Crippen molar-refractivity contribution < 1.29 is 9.32 Å². The van der Waals surface area contributed by atoms with Crippen molar-refractivity contribution in [2.75, 3.05) is 0 Å². The van der Waals surface area contributed by atoms with E-state index in [9.17, 15) is 4.79 Å². The Hall–Kier alpha value is -1.90. The molecule has 0 aliphatic heterocycles. The van der Waals surface area contributed by atoms with Crippen LogP contribution >= 0.6 is 0 Å². The summed E-state index contributed by atoms with van der Waals surface area (Å²) in [5, 5.41) is 3.97. The average molecular weight is 215 g/mol. The SMILES string of the molecule is CCCc1onc(-c2ccccc2)c1C=O. The van der Waals surface area contributed by atoms with Gasteiger partial charge in [-0.1, -0.05) is 42.4 Å². The molecule has 2 aromatic rings. The molecule has 3 nitrogen and oxygen atoms in total. The van der Waals surface area contributed by atoms with E-state index in [0.717, 1.165) is 24.7 Å². The topological polar surface area (TPSA) is 43.1 Å². The van der Waals surface area contributed by atoms with Crippen LogP contribution in [0, 0.1) is 0 Å². The third-order valence-electron chi connectivity index (χ3n) is 2.44. The standard InChI is InChI=1S/C13H13NO2/c1-2-6-12-11(9-15)13(14-16-12)10-7-4-3-5-8-10/h3-5,7-9H,2,6H2,1H3. The number of aldehydes is 1. The zero-order chi connectivity index (χ0) is 11.4. The van der Waals surface area contributed by atoms with Gasteiger partial charge in [-0.3, -0.25) is 4.79 Å². The maximum atomic E-state index is 11.1. The maximum absolute atomic E-state index is 11.1. The first kappa shape index (κ1) is 10.6. The average Bonchev–Trinajstić information content (AvgIpc) is 2.73. The highest BCUT2D eigenvalue weighted by molar-refractivity contribution is 5.86. The molecular formula is C13H13NO2. The second kappa shape index (κ2) is 4.75. The van der Waals surface area contributed by atoms with Gasteiger partial charge in [0.15, 0.2) is 6.29 Å². The molecule has 0 fully saturated rings. The van der Waals surface area contributed by atoms with Gasteiger partial charge in [0.2, 0.25) is 0 Å². The Kier molecular flexibility index (Phi) is 3.15. The van der Waals surface area contributed by atoms with E-state index in [0.29, 0.717) is 17.0 Å². The van der Waals surface area contributed by atoms with E-state index < -0.39 is 0 Å². The third kappa shape index (κ3) is 1.89. The minimum absolute atomic E-state index is 0.577. The molecule has 3 heteroatoms. The molecule has 0 saturated carbocycles. The van der Waals surface area contributed by atoms with Crippen molar-refractivity contribution in [1.29, 1.82) is 0 Å². The van der Waals surface area contributed by atoms with Gasteiger partial charge in [-0.2, -0.15) is 0 Å². The van der Waals surface area contributed by atoms with Crippen molar-refractivity contribution in [3.8, 4) is 11.3 Å². The molecule has 0 bridgehead atoms. The second-order valence-corrected chi connectivity index (χ2v) is 3.60. The molecule has 1 heterocycles. The van der Waals surface area contributed by atoms with Gasteiger partial charge >= 0.3 is 0 Å². The van der Waals surface area contributed by atoms with E-state index in [1.165, 1.54) is 0 Å². The number of hydrogen-bond donors (Lipinski definition) is 0. The molecular weight excluding hydrogens is 202 g/mol. The van der Waals surface area contributed by atoms with Crippen LogP contribution in [0.2, 0.25) is 0 Å². The molecule has 0 unspecified atom stereocenters. The van der Waals surface area contributed by atoms with E-state index in [1.54, 1.807) is 0 Å². The number of rotatable bonds is 4. The lowest BCUT2D eigenvalue weighted by molar-refractivity contribution is 0.112. The van der Waals surface area contributed by atoms with E-state index >= 15 is 0 Å². The largest absolute Gasteiger partial charge is 0.360 e. The number of nitrogens with zero attached hydrogens (tertiary/aromatic N) is 1. The van der Waals surface area contributed by atoms with Gasteiger partial charge in [0, 0.05) is 12.0 Å². The number of benzene rings is 1. The van der Waals surface area contributed by atoms with Gasteiger partial charge in [0.05, 0.1) is 5.56 Å². The Balaban J connectivity index is 2.46. The molecule has 0 N–H and O–H groups in total. The summed E-state index contributed by atoms with van der Waals surface area (Å²) in [4.78, 5) is 11.1. The van der Waals surface area contributed by atoms with Crippen LogP contribution < -0.4 is 0 Å². The lowest BCUT2D eigenvalue weighted by atomic mass is 10.1. The van der Waals surface area contributed by atoms with Gasteiger partial charge in [-0.05, 0) is 6.42 Å². The lowest BCUT2D eigenvalue weighted by Gasteiger charge is -1.96. The number of carbonyl (C=O) groups excluding carboxylic acids is 1. The van der Waals surface area contributed by atoms with Crippen LogP contribution in [0.15, 0.2) is 34.9 Å². The molecule has 1 aromatic carbocycles. The normalized spacial score (nSPS) is 10.3. The van der Waals surface area contributed by atoms with Crippen LogP contribution in [0.3, 0.4) is 0 Å². The highest BCUT2D eigenvalue weighted by Crippen LogP contribution is 2.24. The first-order valence-electron chi connectivity index (χ1n) is 5.36. The molecule has 0 saturated heterocycles. The van der Waals surface area contributed by atoms with E-state index in [1.807, 2.05) is 37.3 Å². The van der Waals surface area contributed by atoms with E-state index in [4.69, 9.17) is 4.52 Å². The fourth-order valence-electron chi connectivity index (χ4n) is 1.66. The molecule has 0 aliphatic rings. The van der Waals surface area contributed by atoms with Crippen molar-refractivity contribution in [2.24, 2.45) is 0 Å². The monoisotopic (exact) mass is 215 g/mol. The summed E-state index contributed by atoms with van der Waals surface area (Å²) in [5.41, 5.74) is 2.13. The quantitative estimate of drug-likeness (QED) is 0.736. The van der Waals surface area contributed by atoms with E-state index in [2.05, 4.69) is 5.16 Å². The summed E-state index contributed by atoms with van der Waals surface area (Å²) >= 11 is 0. The first-order valence-corrected chi connectivity index (χ1v) is 5.36. The Bertz CT molecular complexity index is 474. The summed E-state index contributed by atoms with van der Waals surface area (Å²) in [7, 11) is 0. The Morgan fingerprint density at radius 2 is 2.06 bits per heavy atom. The smallest absolute Gasteiger partial charge is 0.155 e. The molecule has 0 amide bonds. The number of carbonyl (C=O) groups is 1. The number of hydrogen-bond acceptors (Lipinski definition) is 3. The summed E-state index contributed by atoms with van der Waals surface area (Å²) in [6, 6.07) is 9.59. The van der Waals surface area contributed by atoms with Gasteiger partial charge in [-0.15, -0.1) is 0 Å². The van der Waals surface area contributed by atoms with Crippen LogP contribution in [0.4, 0.5) is 0 Å². The minimum atomic E-state index is 0.577. The highest BCUT2D eigenvalue weighted by Gasteiger charge is 2.15. The number of aromatic nitrogens is 1. The highest BCUT2D eigenvalue weighted by atomic mass is 16.5. The van der Waals surface area contributed by atoms with Gasteiger partial charge in [0.25, 0.3) is 0 Å². The number of aryl methyl sites for hydroxylation is 1. The van der Waals surface area contributed by atoms with E-state index in [-0.39, 0.29) is 0 Å². The molecule has 0 spiro atoms. The molecule has 0 atom stereocenters. The first-order chi connectivity index (χ1) is 7.86. The summed E-state index contributed by atoms with van der Waals surface area (Å²) in [6.45, 7) is 2.04. The molecule has 0 radical (unpaired) electrons. The fourth-order valence-corrected chi connectivity index (χ4v) is 1.66. The van der Waals surface area contributed by atoms with Crippen molar-refractivity contribution >= 4 is 6.29 Å². The van der Waals surface area contributed by atoms with Crippen molar-refractivity contribution in [1.82, 2.24) is 5.16 Å². The molecule has 0 aliphatic carbocycles. The van der Waals surface area contributed by atoms with Crippen LogP contribution in [0.5, 0.6) is 0 Å². The van der Waals surface area contributed by atoms with Crippen LogP contribution in [-0.2, 0) is 6.42 Å². The summed E-state index contributed by atoms with van der Waals surface area (Å²) in [6.07, 6.45) is 2.50. The van der Waals surface area contributed by atoms with Gasteiger partial charge in [-0.25, -0.2) is 0 Å². The predicted octanol–water partition coefficient (Wildman–Crippen LogP) is 3.11. The zero-order valence-corrected chi connectivity index (χ0v) is 9.14. The Morgan fingerprint density at radius 3 is 2.69 bits per heavy atom. The Morgan fingerprint density at radius 1 is 1.31 bits per heavy atom. The maximum Gasteiger partial charge on any atom is 0.155 e. The predicted molar refractivity (Wildman–Crippen MR) is 61.3 cm³/mol. The van der Waals surface area contributed by atoms with Crippen LogP contribution in [0.25, 0.3) is 11.3 Å². The third-order valence-corrected chi connectivity index (χ3v) is 2.44. The van der Waals surface area contributed by atoms with Crippen LogP contribution in [-0.4, -0.2) is 11.4 Å². The molecule has 16 heavy (non-hydrogen) atoms. The molecule has 1 aromatic heterocycles. The van der Waals surface area contributed by atoms with Crippen molar-refractivity contribution in [3.05, 3.63) is 41.7 Å². The summed E-state index contributed by atoms with van der Waals surface area (Å²) in [5.74, 6) is 0.677. The lowest BCUT2D eigenvalue weighted by Crippen LogP contribution is -1.89.